The van der Waals surface area contributed by atoms with Gasteiger partial charge in [-0.05, 0) is 25.7 Å². The number of hydrogen-bond acceptors (Lipinski definition) is 2. The van der Waals surface area contributed by atoms with Crippen LogP contribution in [0, 0.1) is 5.41 Å². The first-order chi connectivity index (χ1) is 7.09. The molecule has 0 aliphatic heterocycles. The summed E-state index contributed by atoms with van der Waals surface area (Å²) in [6.45, 7) is 4.09. The topological polar surface area (TPSA) is 45.8 Å². The minimum atomic E-state index is -0.194. The standard InChI is InChI=1S/C12H16N2O/c1-12(2)6-5-8-9(11(12)15)10(14-13-8)7-3-4-7/h7H,3-6H2,1-2H3,(H,13,14). The zero-order chi connectivity index (χ0) is 10.6. The second-order valence-electron chi connectivity index (χ2n) is 5.45. The number of carbonyl (C=O) groups is 1. The number of aryl methyl sites for hydroxylation is 1. The van der Waals surface area contributed by atoms with E-state index in [-0.39, 0.29) is 5.41 Å². The Balaban J connectivity index is 2.11. The highest BCUT2D eigenvalue weighted by Gasteiger charge is 2.40. The van der Waals surface area contributed by atoms with Crippen molar-refractivity contribution in [3.8, 4) is 0 Å². The molecule has 0 aromatic carbocycles. The highest BCUT2D eigenvalue weighted by atomic mass is 16.1. The van der Waals surface area contributed by atoms with E-state index in [9.17, 15) is 4.79 Å². The van der Waals surface area contributed by atoms with Gasteiger partial charge in [-0.15, -0.1) is 0 Å². The maximum Gasteiger partial charge on any atom is 0.172 e. The van der Waals surface area contributed by atoms with Gasteiger partial charge in [-0.3, -0.25) is 9.89 Å². The Bertz CT molecular complexity index is 427. The fraction of sp³-hybridized carbons (Fsp3) is 0.667. The molecule has 3 rings (SSSR count). The molecule has 15 heavy (non-hydrogen) atoms. The molecule has 1 saturated carbocycles. The molecular weight excluding hydrogens is 188 g/mol. The Labute approximate surface area is 89.3 Å². The second-order valence-corrected chi connectivity index (χ2v) is 5.45. The number of ketones is 1. The number of aromatic amines is 1. The van der Waals surface area contributed by atoms with Crippen molar-refractivity contribution in [1.82, 2.24) is 10.2 Å². The Morgan fingerprint density at radius 1 is 1.40 bits per heavy atom. The van der Waals surface area contributed by atoms with Crippen LogP contribution in [0.5, 0.6) is 0 Å². The molecule has 0 atom stereocenters. The number of fused-ring (bicyclic) bond motifs is 1. The van der Waals surface area contributed by atoms with Crippen LogP contribution < -0.4 is 0 Å². The number of carbonyl (C=O) groups excluding carboxylic acids is 1. The zero-order valence-electron chi connectivity index (χ0n) is 9.26. The van der Waals surface area contributed by atoms with E-state index in [4.69, 9.17) is 0 Å². The first-order valence-corrected chi connectivity index (χ1v) is 5.71. The summed E-state index contributed by atoms with van der Waals surface area (Å²) in [5.74, 6) is 0.849. The minimum Gasteiger partial charge on any atom is -0.293 e. The Hall–Kier alpha value is -1.12. The van der Waals surface area contributed by atoms with Gasteiger partial charge in [0, 0.05) is 17.0 Å². The Kier molecular flexibility index (Phi) is 1.65. The zero-order valence-corrected chi connectivity index (χ0v) is 9.26. The largest absolute Gasteiger partial charge is 0.293 e. The summed E-state index contributed by atoms with van der Waals surface area (Å²) in [6, 6.07) is 0. The van der Waals surface area contributed by atoms with Crippen molar-refractivity contribution in [2.24, 2.45) is 5.41 Å². The molecule has 3 nitrogen and oxygen atoms in total. The molecular formula is C12H16N2O. The Morgan fingerprint density at radius 3 is 2.80 bits per heavy atom. The quantitative estimate of drug-likeness (QED) is 0.763. The van der Waals surface area contributed by atoms with Crippen LogP contribution in [0.15, 0.2) is 0 Å². The van der Waals surface area contributed by atoms with Crippen molar-refractivity contribution in [2.45, 2.75) is 45.4 Å². The summed E-state index contributed by atoms with van der Waals surface area (Å²) < 4.78 is 0. The number of H-pyrrole nitrogens is 1. The van der Waals surface area contributed by atoms with E-state index in [0.717, 1.165) is 29.8 Å². The number of rotatable bonds is 1. The molecule has 0 saturated heterocycles. The van der Waals surface area contributed by atoms with Gasteiger partial charge in [-0.2, -0.15) is 5.10 Å². The van der Waals surface area contributed by atoms with Crippen molar-refractivity contribution in [2.75, 3.05) is 0 Å². The van der Waals surface area contributed by atoms with Crippen LogP contribution in [0.4, 0.5) is 0 Å². The fourth-order valence-corrected chi connectivity index (χ4v) is 2.37. The van der Waals surface area contributed by atoms with Gasteiger partial charge in [0.2, 0.25) is 0 Å². The van der Waals surface area contributed by atoms with Gasteiger partial charge in [0.25, 0.3) is 0 Å². The maximum absolute atomic E-state index is 12.3. The van der Waals surface area contributed by atoms with Gasteiger partial charge < -0.3 is 0 Å². The van der Waals surface area contributed by atoms with Gasteiger partial charge in [-0.25, -0.2) is 0 Å². The monoisotopic (exact) mass is 204 g/mol. The van der Waals surface area contributed by atoms with Gasteiger partial charge in [0.15, 0.2) is 5.78 Å². The molecule has 0 unspecified atom stereocenters. The first kappa shape index (κ1) is 9.13. The van der Waals surface area contributed by atoms with E-state index in [1.165, 1.54) is 12.8 Å². The van der Waals surface area contributed by atoms with E-state index in [1.807, 2.05) is 13.8 Å². The normalized spacial score (nSPS) is 24.0. The molecule has 0 spiro atoms. The van der Waals surface area contributed by atoms with Gasteiger partial charge in [-0.1, -0.05) is 13.8 Å². The van der Waals surface area contributed by atoms with Crippen LogP contribution in [0.2, 0.25) is 0 Å². The smallest absolute Gasteiger partial charge is 0.172 e. The van der Waals surface area contributed by atoms with E-state index in [0.29, 0.717) is 11.7 Å². The third kappa shape index (κ3) is 1.25. The van der Waals surface area contributed by atoms with Crippen molar-refractivity contribution < 1.29 is 4.79 Å². The summed E-state index contributed by atoms with van der Waals surface area (Å²) in [5, 5.41) is 7.37. The third-order valence-electron chi connectivity index (χ3n) is 3.68. The molecule has 80 valence electrons. The van der Waals surface area contributed by atoms with E-state index in [1.54, 1.807) is 0 Å². The molecule has 1 aromatic heterocycles. The van der Waals surface area contributed by atoms with Crippen molar-refractivity contribution in [3.05, 3.63) is 17.0 Å². The van der Waals surface area contributed by atoms with Crippen LogP contribution in [-0.4, -0.2) is 16.0 Å². The van der Waals surface area contributed by atoms with Gasteiger partial charge in [0.1, 0.15) is 0 Å². The lowest BCUT2D eigenvalue weighted by Crippen LogP contribution is -2.30. The van der Waals surface area contributed by atoms with Crippen LogP contribution in [0.25, 0.3) is 0 Å². The molecule has 2 aliphatic rings. The van der Waals surface area contributed by atoms with Crippen molar-refractivity contribution in [1.29, 1.82) is 0 Å². The summed E-state index contributed by atoms with van der Waals surface area (Å²) >= 11 is 0. The predicted octanol–water partition coefficient (Wildman–Crippen LogP) is 2.44. The lowest BCUT2D eigenvalue weighted by Gasteiger charge is -2.27. The molecule has 0 bridgehead atoms. The van der Waals surface area contributed by atoms with Gasteiger partial charge in [0.05, 0.1) is 11.3 Å². The fourth-order valence-electron chi connectivity index (χ4n) is 2.37. The highest BCUT2D eigenvalue weighted by Crippen LogP contribution is 2.44. The summed E-state index contributed by atoms with van der Waals surface area (Å²) in [5.41, 5.74) is 2.85. The van der Waals surface area contributed by atoms with Crippen LogP contribution in [0.1, 0.15) is 60.8 Å². The summed E-state index contributed by atoms with van der Waals surface area (Å²) in [6.07, 6.45) is 4.30. The number of aromatic nitrogens is 2. The average molecular weight is 204 g/mol. The molecule has 0 amide bonds. The first-order valence-electron chi connectivity index (χ1n) is 5.71. The van der Waals surface area contributed by atoms with Crippen molar-refractivity contribution in [3.63, 3.8) is 0 Å². The third-order valence-corrected chi connectivity index (χ3v) is 3.68. The average Bonchev–Trinajstić information content (AvgIpc) is 2.93. The van der Waals surface area contributed by atoms with Crippen LogP contribution in [0.3, 0.4) is 0 Å². The number of nitrogens with one attached hydrogen (secondary N) is 1. The summed E-state index contributed by atoms with van der Waals surface area (Å²) in [7, 11) is 0. The minimum absolute atomic E-state index is 0.194. The highest BCUT2D eigenvalue weighted by molar-refractivity contribution is 6.03. The van der Waals surface area contributed by atoms with Crippen LogP contribution in [-0.2, 0) is 6.42 Å². The summed E-state index contributed by atoms with van der Waals surface area (Å²) in [4.78, 5) is 12.3. The lowest BCUT2D eigenvalue weighted by molar-refractivity contribution is 0.0809. The lowest BCUT2D eigenvalue weighted by atomic mass is 9.74. The number of hydrogen-bond donors (Lipinski definition) is 1. The van der Waals surface area contributed by atoms with E-state index >= 15 is 0 Å². The Morgan fingerprint density at radius 2 is 2.13 bits per heavy atom. The maximum atomic E-state index is 12.3. The number of Topliss-reactive ketones (excluding diaryl/α,β-unsaturated/α-hetero) is 1. The SMILES string of the molecule is CC1(C)CCc2[nH]nc(C3CC3)c2C1=O. The van der Waals surface area contributed by atoms with Crippen LogP contribution >= 0.6 is 0 Å². The molecule has 2 aliphatic carbocycles. The molecule has 1 fully saturated rings. The second kappa shape index (κ2) is 2.71. The van der Waals surface area contributed by atoms with E-state index in [2.05, 4.69) is 10.2 Å². The molecule has 3 heteroatoms. The van der Waals surface area contributed by atoms with Crippen molar-refractivity contribution >= 4 is 5.78 Å². The molecule has 1 N–H and O–H groups in total. The van der Waals surface area contributed by atoms with E-state index < -0.39 is 0 Å². The van der Waals surface area contributed by atoms with Gasteiger partial charge >= 0.3 is 0 Å². The molecule has 1 heterocycles. The molecule has 1 aromatic rings. The predicted molar refractivity (Wildman–Crippen MR) is 57.0 cm³/mol. The number of nitrogens with zero attached hydrogens (tertiary/aromatic N) is 1. The molecule has 0 radical (unpaired) electrons.